The maximum absolute atomic E-state index is 10.2. The Hall–Kier alpha value is 0.0964. The van der Waals surface area contributed by atoms with Gasteiger partial charge in [0, 0.05) is 4.90 Å². The number of rotatable bonds is 3. The molecule has 0 amide bonds. The molecule has 0 aliphatic carbocycles. The molecule has 2 aromatic carbocycles. The molecule has 8 heteroatoms. The summed E-state index contributed by atoms with van der Waals surface area (Å²) in [5, 5.41) is 0. The van der Waals surface area contributed by atoms with E-state index in [1.54, 1.807) is 60.7 Å². The van der Waals surface area contributed by atoms with Crippen LogP contribution >= 0.6 is 0 Å². The van der Waals surface area contributed by atoms with Gasteiger partial charge in [-0.2, -0.15) is 0 Å². The molecule has 0 saturated heterocycles. The number of hydrogen-bond donors (Lipinski definition) is 0. The van der Waals surface area contributed by atoms with Crippen molar-refractivity contribution in [2.45, 2.75) is 4.90 Å². The van der Waals surface area contributed by atoms with Gasteiger partial charge in [-0.25, -0.2) is 4.21 Å². The van der Waals surface area contributed by atoms with Crippen LogP contribution in [-0.4, -0.2) is 17.5 Å². The first-order valence-electron chi connectivity index (χ1n) is 5.06. The van der Waals surface area contributed by atoms with Crippen molar-refractivity contribution in [2.75, 3.05) is 0 Å². The Morgan fingerprint density at radius 3 is 1.60 bits per heavy atom. The Morgan fingerprint density at radius 2 is 1.25 bits per heavy atom. The number of hydrogen-bond acceptors (Lipinski definition) is 5. The molecule has 0 aliphatic heterocycles. The van der Waals surface area contributed by atoms with Gasteiger partial charge >= 0.3 is 51.4 Å². The van der Waals surface area contributed by atoms with Gasteiger partial charge in [0.15, 0.2) is 0 Å². The third-order valence-corrected chi connectivity index (χ3v) is 2.83. The first kappa shape index (κ1) is 20.1. The van der Waals surface area contributed by atoms with Crippen LogP contribution in [0.3, 0.4) is 0 Å². The van der Waals surface area contributed by atoms with E-state index in [9.17, 15) is 17.5 Å². The van der Waals surface area contributed by atoms with E-state index in [4.69, 9.17) is 0 Å². The third-order valence-electron chi connectivity index (χ3n) is 1.84. The Kier molecular flexibility index (Phi) is 11.8. The average Bonchev–Trinajstić information content (AvgIpc) is 2.41. The summed E-state index contributed by atoms with van der Waals surface area (Å²) in [6.07, 6.45) is 0. The number of para-hydroxylation sites is 1. The van der Waals surface area contributed by atoms with Gasteiger partial charge in [-0.3, -0.25) is 4.21 Å². The molecule has 0 heterocycles. The second-order valence-corrected chi connectivity index (χ2v) is 4.66. The van der Waals surface area contributed by atoms with Crippen LogP contribution in [-0.2, 0) is 22.4 Å². The van der Waals surface area contributed by atoms with E-state index < -0.39 is 22.4 Å². The van der Waals surface area contributed by atoms with Gasteiger partial charge < -0.3 is 13.3 Å². The molecular formula is C12H10KO5S2-. The summed E-state index contributed by atoms with van der Waals surface area (Å²) in [7, 11) is 0. The molecular weight excluding hydrogens is 327 g/mol. The van der Waals surface area contributed by atoms with Gasteiger partial charge in [0.1, 0.15) is 17.1 Å². The normalized spacial score (nSPS) is 12.1. The van der Waals surface area contributed by atoms with Crippen LogP contribution in [0.25, 0.3) is 0 Å². The summed E-state index contributed by atoms with van der Waals surface area (Å²) in [4.78, 5) is 0.331. The van der Waals surface area contributed by atoms with Gasteiger partial charge in [0.05, 0.1) is 0 Å². The van der Waals surface area contributed by atoms with E-state index in [0.717, 1.165) is 0 Å². The number of benzene rings is 2. The molecule has 2 aromatic rings. The van der Waals surface area contributed by atoms with Crippen LogP contribution in [0.2, 0.25) is 0 Å². The molecule has 0 saturated carbocycles. The van der Waals surface area contributed by atoms with Gasteiger partial charge in [0.2, 0.25) is 0 Å². The minimum absolute atomic E-state index is 0. The quantitative estimate of drug-likeness (QED) is 0.518. The van der Waals surface area contributed by atoms with Crippen LogP contribution in [0.4, 0.5) is 0 Å². The van der Waals surface area contributed by atoms with Crippen molar-refractivity contribution >= 4 is 22.4 Å². The van der Waals surface area contributed by atoms with Crippen molar-refractivity contribution in [1.82, 2.24) is 0 Å². The Labute approximate surface area is 164 Å². The summed E-state index contributed by atoms with van der Waals surface area (Å²) >= 11 is -4.55. The molecule has 0 aliphatic rings. The van der Waals surface area contributed by atoms with E-state index in [2.05, 4.69) is 4.18 Å². The minimum atomic E-state index is -2.47. The van der Waals surface area contributed by atoms with Gasteiger partial charge in [-0.05, 0) is 35.3 Å². The Balaban J connectivity index is 0.000000345. The molecule has 0 aromatic heterocycles. The minimum Gasteiger partial charge on any atom is -0.768 e. The van der Waals surface area contributed by atoms with Crippen molar-refractivity contribution < 1.29 is 73.1 Å². The summed E-state index contributed by atoms with van der Waals surface area (Å²) in [5.41, 5.74) is 0. The molecule has 2 unspecified atom stereocenters. The second-order valence-electron chi connectivity index (χ2n) is 3.15. The first-order chi connectivity index (χ1) is 9.09. The van der Waals surface area contributed by atoms with Crippen LogP contribution in [0.1, 0.15) is 0 Å². The Bertz CT molecular complexity index is 536. The van der Waals surface area contributed by atoms with E-state index in [1.165, 1.54) is 0 Å². The molecule has 0 N–H and O–H groups in total. The van der Waals surface area contributed by atoms with E-state index >= 15 is 0 Å². The molecule has 0 radical (unpaired) electrons. The Morgan fingerprint density at radius 1 is 0.800 bits per heavy atom. The molecule has 20 heavy (non-hydrogen) atoms. The molecule has 0 spiro atoms. The van der Waals surface area contributed by atoms with Crippen LogP contribution in [0.5, 0.6) is 5.75 Å². The SMILES string of the molecule is O=S([O-])Oc1ccccc1.O=S([O-])c1ccccc1.[K+]. The van der Waals surface area contributed by atoms with Gasteiger partial charge in [0.25, 0.3) is 0 Å². The van der Waals surface area contributed by atoms with Gasteiger partial charge in [-0.1, -0.05) is 36.4 Å². The second kappa shape index (κ2) is 11.7. The van der Waals surface area contributed by atoms with Crippen molar-refractivity contribution in [2.24, 2.45) is 0 Å². The topological polar surface area (TPSA) is 89.5 Å². The molecule has 2 rings (SSSR count). The maximum atomic E-state index is 10.2. The summed E-state index contributed by atoms with van der Waals surface area (Å²) in [5.74, 6) is 0.329. The fraction of sp³-hybridized carbons (Fsp3) is 0. The fourth-order valence-corrected chi connectivity index (χ4v) is 1.73. The molecule has 2 atom stereocenters. The predicted molar refractivity (Wildman–Crippen MR) is 69.6 cm³/mol. The van der Waals surface area contributed by atoms with Crippen molar-refractivity contribution in [3.8, 4) is 5.75 Å². The molecule has 102 valence electrons. The smallest absolute Gasteiger partial charge is 0.768 e. The maximum Gasteiger partial charge on any atom is 1.00 e. The standard InChI is InChI=1S/C6H6O3S.C6H6O2S.K/c7-10(8)9-6-4-2-1-3-5-6;7-9(8)6-4-2-1-3-5-6;/h1-5H,(H,7,8);1-5H,(H,7,8);/q;;+1/p-2. The van der Waals surface area contributed by atoms with Crippen molar-refractivity contribution in [3.63, 3.8) is 0 Å². The largest absolute Gasteiger partial charge is 1.00 e. The monoisotopic (exact) mass is 337 g/mol. The summed E-state index contributed by atoms with van der Waals surface area (Å²) < 4.78 is 44.6. The summed E-state index contributed by atoms with van der Waals surface area (Å²) in [6.45, 7) is 0. The van der Waals surface area contributed by atoms with Crippen molar-refractivity contribution in [3.05, 3.63) is 60.7 Å². The molecule has 0 bridgehead atoms. The van der Waals surface area contributed by atoms with E-state index in [-0.39, 0.29) is 51.4 Å². The van der Waals surface area contributed by atoms with Gasteiger partial charge in [-0.15, -0.1) is 0 Å². The fourth-order valence-electron chi connectivity index (χ4n) is 1.09. The predicted octanol–water partition coefficient (Wildman–Crippen LogP) is -1.21. The van der Waals surface area contributed by atoms with Crippen LogP contribution < -0.4 is 55.6 Å². The van der Waals surface area contributed by atoms with Crippen LogP contribution in [0.15, 0.2) is 65.6 Å². The average molecular weight is 337 g/mol. The zero-order valence-corrected chi connectivity index (χ0v) is 15.4. The first-order valence-corrected chi connectivity index (χ1v) is 7.14. The van der Waals surface area contributed by atoms with Crippen LogP contribution in [0, 0.1) is 0 Å². The van der Waals surface area contributed by atoms with Crippen molar-refractivity contribution in [1.29, 1.82) is 0 Å². The zero-order chi connectivity index (χ0) is 14.1. The molecule has 0 fully saturated rings. The third kappa shape index (κ3) is 9.11. The van der Waals surface area contributed by atoms with E-state index in [1.807, 2.05) is 0 Å². The molecule has 5 nitrogen and oxygen atoms in total. The summed E-state index contributed by atoms with van der Waals surface area (Å²) in [6, 6.07) is 16.5. The van der Waals surface area contributed by atoms with E-state index in [0.29, 0.717) is 10.6 Å². The zero-order valence-electron chi connectivity index (χ0n) is 10.6.